The van der Waals surface area contributed by atoms with Crippen LogP contribution in [0.5, 0.6) is 0 Å². The quantitative estimate of drug-likeness (QED) is 0.446. The first-order chi connectivity index (χ1) is 16.9. The Morgan fingerprint density at radius 1 is 0.771 bits per heavy atom. The van der Waals surface area contributed by atoms with Gasteiger partial charge in [0.15, 0.2) is 18.9 Å². The molecule has 2 aliphatic carbocycles. The van der Waals surface area contributed by atoms with Crippen LogP contribution in [0.4, 0.5) is 0 Å². The van der Waals surface area contributed by atoms with E-state index in [2.05, 4.69) is 6.92 Å². The van der Waals surface area contributed by atoms with Crippen LogP contribution in [0.3, 0.4) is 0 Å². The third kappa shape index (κ3) is 5.99. The standard InChI is InChI=1S/C25H38O10/c1-13-3-7-16(8-4-13)31-19(26)11-20(27)32-17-9-5-15(6-10-17)25-34-22-21-18(12-29-14(2)30-21)33-24(28)23(22)35-25/h13-18,21-25,28H,3-12H2,1-2H3. The molecule has 3 heterocycles. The minimum absolute atomic E-state index is 0.0778. The van der Waals surface area contributed by atoms with Gasteiger partial charge in [0.2, 0.25) is 0 Å². The summed E-state index contributed by atoms with van der Waals surface area (Å²) in [7, 11) is 0. The van der Waals surface area contributed by atoms with E-state index >= 15 is 0 Å². The van der Waals surface area contributed by atoms with Gasteiger partial charge in [-0.25, -0.2) is 0 Å². The average molecular weight is 499 g/mol. The topological polar surface area (TPSA) is 119 Å². The Morgan fingerprint density at radius 3 is 2.03 bits per heavy atom. The van der Waals surface area contributed by atoms with Crippen LogP contribution in [0.15, 0.2) is 0 Å². The fourth-order valence-corrected chi connectivity index (χ4v) is 5.95. The molecule has 5 rings (SSSR count). The van der Waals surface area contributed by atoms with E-state index in [1.54, 1.807) is 0 Å². The fraction of sp³-hybridized carbons (Fsp3) is 0.920. The fourth-order valence-electron chi connectivity index (χ4n) is 5.95. The average Bonchev–Trinajstić information content (AvgIpc) is 3.28. The predicted octanol–water partition coefficient (Wildman–Crippen LogP) is 2.19. The van der Waals surface area contributed by atoms with E-state index in [9.17, 15) is 14.7 Å². The van der Waals surface area contributed by atoms with Crippen LogP contribution in [-0.2, 0) is 42.7 Å². The van der Waals surface area contributed by atoms with E-state index in [4.69, 9.17) is 33.2 Å². The number of hydrogen-bond acceptors (Lipinski definition) is 10. The maximum Gasteiger partial charge on any atom is 0.317 e. The van der Waals surface area contributed by atoms with Crippen LogP contribution in [0.1, 0.15) is 71.6 Å². The Labute approximate surface area is 205 Å². The van der Waals surface area contributed by atoms with Crippen molar-refractivity contribution in [3.8, 4) is 0 Å². The zero-order chi connectivity index (χ0) is 24.5. The van der Waals surface area contributed by atoms with E-state index in [1.807, 2.05) is 6.92 Å². The summed E-state index contributed by atoms with van der Waals surface area (Å²) >= 11 is 0. The van der Waals surface area contributed by atoms with Crippen LogP contribution < -0.4 is 0 Å². The smallest absolute Gasteiger partial charge is 0.317 e. The van der Waals surface area contributed by atoms with Gasteiger partial charge in [-0.05, 0) is 64.2 Å². The lowest BCUT2D eigenvalue weighted by molar-refractivity contribution is -0.333. The molecule has 2 saturated carbocycles. The summed E-state index contributed by atoms with van der Waals surface area (Å²) in [6.45, 7) is 4.36. The molecule has 5 fully saturated rings. The molecular weight excluding hydrogens is 460 g/mol. The second-order valence-corrected chi connectivity index (χ2v) is 10.7. The third-order valence-corrected chi connectivity index (χ3v) is 7.99. The second kappa shape index (κ2) is 11.0. The highest BCUT2D eigenvalue weighted by atomic mass is 16.8. The van der Waals surface area contributed by atoms with Gasteiger partial charge in [0.05, 0.1) is 6.61 Å². The third-order valence-electron chi connectivity index (χ3n) is 7.99. The molecule has 5 aliphatic rings. The van der Waals surface area contributed by atoms with Crippen molar-refractivity contribution >= 4 is 11.9 Å². The molecule has 198 valence electrons. The Morgan fingerprint density at radius 2 is 1.37 bits per heavy atom. The first-order valence-electron chi connectivity index (χ1n) is 13.2. The summed E-state index contributed by atoms with van der Waals surface area (Å²) < 4.78 is 40.3. The first kappa shape index (κ1) is 25.4. The van der Waals surface area contributed by atoms with Crippen molar-refractivity contribution in [3.63, 3.8) is 0 Å². The molecule has 0 radical (unpaired) electrons. The minimum Gasteiger partial charge on any atom is -0.462 e. The Balaban J connectivity index is 1.05. The van der Waals surface area contributed by atoms with E-state index in [0.29, 0.717) is 25.4 Å². The number of rotatable bonds is 5. The lowest BCUT2D eigenvalue weighted by Gasteiger charge is -2.44. The van der Waals surface area contributed by atoms with Gasteiger partial charge in [-0.3, -0.25) is 9.59 Å². The lowest BCUT2D eigenvalue weighted by atomic mass is 9.87. The minimum atomic E-state index is -1.10. The summed E-state index contributed by atoms with van der Waals surface area (Å²) in [6, 6.07) is 0. The summed E-state index contributed by atoms with van der Waals surface area (Å²) in [5, 5.41) is 10.4. The zero-order valence-corrected chi connectivity index (χ0v) is 20.5. The highest BCUT2D eigenvalue weighted by molar-refractivity contribution is 5.91. The Hall–Kier alpha value is -1.30. The normalized spacial score (nSPS) is 45.7. The maximum atomic E-state index is 12.3. The zero-order valence-electron chi connectivity index (χ0n) is 20.5. The van der Waals surface area contributed by atoms with E-state index in [0.717, 1.165) is 38.5 Å². The molecule has 0 spiro atoms. The molecule has 35 heavy (non-hydrogen) atoms. The van der Waals surface area contributed by atoms with Gasteiger partial charge >= 0.3 is 11.9 Å². The monoisotopic (exact) mass is 498 g/mol. The van der Waals surface area contributed by atoms with E-state index in [-0.39, 0.29) is 36.9 Å². The highest BCUT2D eigenvalue weighted by Crippen LogP contribution is 2.41. The number of carbonyl (C=O) groups is 2. The summed E-state index contributed by atoms with van der Waals surface area (Å²) in [5.41, 5.74) is 0. The first-order valence-corrected chi connectivity index (χ1v) is 13.2. The highest BCUT2D eigenvalue weighted by Gasteiger charge is 2.56. The van der Waals surface area contributed by atoms with Gasteiger partial charge in [0.25, 0.3) is 0 Å². The summed E-state index contributed by atoms with van der Waals surface area (Å²) in [6.07, 6.45) is 2.28. The van der Waals surface area contributed by atoms with Crippen molar-refractivity contribution in [1.82, 2.24) is 0 Å². The number of aliphatic hydroxyl groups is 1. The number of aliphatic hydroxyl groups excluding tert-OH is 1. The molecule has 7 atom stereocenters. The summed E-state index contributed by atoms with van der Waals surface area (Å²) in [5.74, 6) is -0.248. The van der Waals surface area contributed by atoms with Gasteiger partial charge in [0.1, 0.15) is 43.0 Å². The van der Waals surface area contributed by atoms with Crippen molar-refractivity contribution in [2.75, 3.05) is 6.61 Å². The van der Waals surface area contributed by atoms with Gasteiger partial charge in [-0.1, -0.05) is 6.92 Å². The maximum absolute atomic E-state index is 12.3. The molecule has 10 heteroatoms. The number of hydrogen-bond donors (Lipinski definition) is 1. The molecule has 0 aromatic carbocycles. The van der Waals surface area contributed by atoms with Crippen molar-refractivity contribution in [3.05, 3.63) is 0 Å². The number of fused-ring (bicyclic) bond motifs is 3. The van der Waals surface area contributed by atoms with Crippen LogP contribution in [-0.4, -0.2) is 79.1 Å². The Kier molecular flexibility index (Phi) is 7.96. The Bertz CT molecular complexity index is 745. The van der Waals surface area contributed by atoms with Gasteiger partial charge < -0.3 is 38.3 Å². The second-order valence-electron chi connectivity index (χ2n) is 10.7. The van der Waals surface area contributed by atoms with Crippen molar-refractivity contribution < 1.29 is 47.9 Å². The van der Waals surface area contributed by atoms with Gasteiger partial charge in [-0.15, -0.1) is 0 Å². The van der Waals surface area contributed by atoms with E-state index < -0.39 is 42.8 Å². The van der Waals surface area contributed by atoms with Gasteiger partial charge in [0, 0.05) is 5.92 Å². The molecule has 1 N–H and O–H groups in total. The predicted molar refractivity (Wildman–Crippen MR) is 119 cm³/mol. The molecule has 0 bridgehead atoms. The molecule has 10 nitrogen and oxygen atoms in total. The summed E-state index contributed by atoms with van der Waals surface area (Å²) in [4.78, 5) is 24.4. The van der Waals surface area contributed by atoms with Crippen LogP contribution in [0.25, 0.3) is 0 Å². The molecule has 3 aliphatic heterocycles. The molecular formula is C25H38O10. The van der Waals surface area contributed by atoms with Crippen molar-refractivity contribution in [2.24, 2.45) is 11.8 Å². The number of carbonyl (C=O) groups excluding carboxylic acids is 2. The van der Waals surface area contributed by atoms with Gasteiger partial charge in [-0.2, -0.15) is 0 Å². The molecule has 0 amide bonds. The van der Waals surface area contributed by atoms with Crippen LogP contribution in [0.2, 0.25) is 0 Å². The molecule has 7 unspecified atom stereocenters. The lowest BCUT2D eigenvalue weighted by Crippen LogP contribution is -2.61. The van der Waals surface area contributed by atoms with Crippen LogP contribution >= 0.6 is 0 Å². The van der Waals surface area contributed by atoms with E-state index in [1.165, 1.54) is 0 Å². The molecule has 0 aromatic heterocycles. The largest absolute Gasteiger partial charge is 0.462 e. The number of ether oxygens (including phenoxy) is 7. The van der Waals surface area contributed by atoms with Crippen molar-refractivity contribution in [1.29, 1.82) is 0 Å². The molecule has 0 aromatic rings. The SMILES string of the molecule is CC1CCC(OC(=O)CC(=O)OC2CCC(C3OC4C(O)OC5COC(C)OC5C4O3)CC2)CC1. The number of esters is 2. The molecule has 3 saturated heterocycles. The van der Waals surface area contributed by atoms with Crippen molar-refractivity contribution in [2.45, 2.75) is 127 Å². The van der Waals surface area contributed by atoms with Crippen LogP contribution in [0, 0.1) is 11.8 Å².